The minimum atomic E-state index is -1.14. The number of para-hydroxylation sites is 1. The maximum absolute atomic E-state index is 12.6. The highest BCUT2D eigenvalue weighted by Crippen LogP contribution is 2.33. The monoisotopic (exact) mass is 469 g/mol. The Morgan fingerprint density at radius 1 is 1.12 bits per heavy atom. The van der Waals surface area contributed by atoms with Gasteiger partial charge in [0.25, 0.3) is 11.1 Å². The first-order valence-electron chi connectivity index (χ1n) is 9.48. The standard InChI is InChI=1S/C23H16ClNO6S/c24-18-8-6-14(12-17(18)22(27)28)19-9-7-16(31-19)13-20-21(26)25(23(29)32-20)10-11-30-15-4-2-1-3-5-15/h1-9,12-13H,10-11H2,(H,27,28)/b20-13+. The van der Waals surface area contributed by atoms with Gasteiger partial charge >= 0.3 is 5.97 Å². The van der Waals surface area contributed by atoms with E-state index in [-0.39, 0.29) is 33.9 Å². The Morgan fingerprint density at radius 2 is 1.91 bits per heavy atom. The Bertz CT molecular complexity index is 1220. The lowest BCUT2D eigenvalue weighted by molar-refractivity contribution is -0.123. The number of halogens is 1. The van der Waals surface area contributed by atoms with E-state index < -0.39 is 11.9 Å². The fraction of sp³-hybridized carbons (Fsp3) is 0.0870. The van der Waals surface area contributed by atoms with Crippen LogP contribution in [-0.2, 0) is 4.79 Å². The molecule has 0 spiro atoms. The highest BCUT2D eigenvalue weighted by atomic mass is 35.5. The third-order valence-corrected chi connectivity index (χ3v) is 5.82. The molecule has 1 fully saturated rings. The van der Waals surface area contributed by atoms with Crippen LogP contribution in [0.25, 0.3) is 17.4 Å². The van der Waals surface area contributed by atoms with Gasteiger partial charge in [-0.3, -0.25) is 14.5 Å². The quantitative estimate of drug-likeness (QED) is 0.462. The molecule has 0 atom stereocenters. The van der Waals surface area contributed by atoms with Gasteiger partial charge in [-0.2, -0.15) is 0 Å². The molecule has 7 nitrogen and oxygen atoms in total. The van der Waals surface area contributed by atoms with Crippen molar-refractivity contribution in [2.75, 3.05) is 13.2 Å². The number of hydrogen-bond acceptors (Lipinski definition) is 6. The van der Waals surface area contributed by atoms with Crippen molar-refractivity contribution in [3.63, 3.8) is 0 Å². The molecule has 1 aliphatic rings. The molecule has 0 unspecified atom stereocenters. The molecule has 2 heterocycles. The Labute approximate surface area is 192 Å². The molecule has 3 aromatic rings. The number of aromatic carboxylic acids is 1. The number of thioether (sulfide) groups is 1. The average Bonchev–Trinajstić information content (AvgIpc) is 3.34. The third kappa shape index (κ3) is 4.71. The van der Waals surface area contributed by atoms with Crippen LogP contribution in [0.2, 0.25) is 5.02 Å². The van der Waals surface area contributed by atoms with Gasteiger partial charge in [-0.05, 0) is 54.2 Å². The zero-order valence-electron chi connectivity index (χ0n) is 16.5. The SMILES string of the molecule is O=C(O)c1cc(-c2ccc(/C=C3/SC(=O)N(CCOc4ccccc4)C3=O)o2)ccc1Cl. The van der Waals surface area contributed by atoms with Crippen LogP contribution in [0, 0.1) is 0 Å². The molecule has 0 radical (unpaired) electrons. The Hall–Kier alpha value is -3.49. The van der Waals surface area contributed by atoms with E-state index in [9.17, 15) is 19.5 Å². The molecule has 1 saturated heterocycles. The molecule has 1 N–H and O–H groups in total. The third-order valence-electron chi connectivity index (χ3n) is 4.58. The molecule has 2 amide bonds. The van der Waals surface area contributed by atoms with Gasteiger partial charge in [0.15, 0.2) is 0 Å². The van der Waals surface area contributed by atoms with Crippen molar-refractivity contribution in [3.8, 4) is 17.1 Å². The second-order valence-electron chi connectivity index (χ2n) is 6.70. The van der Waals surface area contributed by atoms with Crippen molar-refractivity contribution in [1.29, 1.82) is 0 Å². The summed E-state index contributed by atoms with van der Waals surface area (Å²) >= 11 is 6.73. The predicted octanol–water partition coefficient (Wildman–Crippen LogP) is 5.41. The van der Waals surface area contributed by atoms with Crippen molar-refractivity contribution in [2.24, 2.45) is 0 Å². The number of furan rings is 1. The number of nitrogens with zero attached hydrogens (tertiary/aromatic N) is 1. The summed E-state index contributed by atoms with van der Waals surface area (Å²) in [7, 11) is 0. The first kappa shape index (κ1) is 21.7. The van der Waals surface area contributed by atoms with Crippen LogP contribution >= 0.6 is 23.4 Å². The van der Waals surface area contributed by atoms with Crippen LogP contribution in [0.5, 0.6) is 5.75 Å². The number of rotatable bonds is 7. The molecule has 9 heteroatoms. The van der Waals surface area contributed by atoms with Crippen molar-refractivity contribution in [1.82, 2.24) is 4.90 Å². The summed E-state index contributed by atoms with van der Waals surface area (Å²) < 4.78 is 11.3. The van der Waals surface area contributed by atoms with Crippen LogP contribution in [0.1, 0.15) is 16.1 Å². The molecular weight excluding hydrogens is 454 g/mol. The number of amides is 2. The van der Waals surface area contributed by atoms with Gasteiger partial charge in [-0.1, -0.05) is 29.8 Å². The summed E-state index contributed by atoms with van der Waals surface area (Å²) in [6, 6.07) is 16.9. The molecule has 2 aromatic carbocycles. The van der Waals surface area contributed by atoms with Gasteiger partial charge in [0.2, 0.25) is 0 Å². The molecule has 32 heavy (non-hydrogen) atoms. The molecule has 1 aromatic heterocycles. The normalized spacial score (nSPS) is 14.9. The van der Waals surface area contributed by atoms with Gasteiger partial charge in [0, 0.05) is 11.6 Å². The smallest absolute Gasteiger partial charge is 0.337 e. The highest BCUT2D eigenvalue weighted by Gasteiger charge is 2.35. The number of carbonyl (C=O) groups excluding carboxylic acids is 2. The summed E-state index contributed by atoms with van der Waals surface area (Å²) in [6.07, 6.45) is 1.49. The van der Waals surface area contributed by atoms with Gasteiger partial charge in [-0.15, -0.1) is 0 Å². The number of hydrogen-bond donors (Lipinski definition) is 1. The molecule has 0 saturated carbocycles. The number of carboxylic acids is 1. The van der Waals surface area contributed by atoms with Crippen LogP contribution in [-0.4, -0.2) is 40.3 Å². The van der Waals surface area contributed by atoms with Crippen molar-refractivity contribution < 1.29 is 28.6 Å². The zero-order valence-corrected chi connectivity index (χ0v) is 18.1. The van der Waals surface area contributed by atoms with E-state index in [1.807, 2.05) is 18.2 Å². The first-order chi connectivity index (χ1) is 15.4. The maximum atomic E-state index is 12.6. The van der Waals surface area contributed by atoms with Gasteiger partial charge in [0.05, 0.1) is 22.0 Å². The number of carboxylic acid groups (broad SMARTS) is 1. The van der Waals surface area contributed by atoms with Gasteiger partial charge in [0.1, 0.15) is 23.9 Å². The molecular formula is C23H16ClNO6S. The van der Waals surface area contributed by atoms with E-state index in [2.05, 4.69) is 0 Å². The number of imide groups is 1. The lowest BCUT2D eigenvalue weighted by Crippen LogP contribution is -2.32. The fourth-order valence-corrected chi connectivity index (χ4v) is 4.06. The summed E-state index contributed by atoms with van der Waals surface area (Å²) in [5.74, 6) is -0.141. The van der Waals surface area contributed by atoms with E-state index >= 15 is 0 Å². The number of benzene rings is 2. The van der Waals surface area contributed by atoms with E-state index in [1.54, 1.807) is 30.3 Å². The largest absolute Gasteiger partial charge is 0.492 e. The summed E-state index contributed by atoms with van der Waals surface area (Å²) in [5.41, 5.74) is 0.485. The van der Waals surface area contributed by atoms with Crippen LogP contribution in [0.4, 0.5) is 4.79 Å². The number of carbonyl (C=O) groups is 3. The summed E-state index contributed by atoms with van der Waals surface area (Å²) in [5, 5.41) is 8.97. The van der Waals surface area contributed by atoms with E-state index in [0.717, 1.165) is 16.7 Å². The predicted molar refractivity (Wildman–Crippen MR) is 121 cm³/mol. The Kier molecular flexibility index (Phi) is 6.34. The molecule has 0 aliphatic carbocycles. The summed E-state index contributed by atoms with van der Waals surface area (Å²) in [4.78, 5) is 37.5. The van der Waals surface area contributed by atoms with Crippen molar-refractivity contribution in [2.45, 2.75) is 0 Å². The fourth-order valence-electron chi connectivity index (χ4n) is 3.02. The molecule has 162 valence electrons. The second kappa shape index (κ2) is 9.33. The topological polar surface area (TPSA) is 97.0 Å². The lowest BCUT2D eigenvalue weighted by atomic mass is 10.1. The minimum Gasteiger partial charge on any atom is -0.492 e. The van der Waals surface area contributed by atoms with Gasteiger partial charge < -0.3 is 14.3 Å². The Balaban J connectivity index is 1.45. The lowest BCUT2D eigenvalue weighted by Gasteiger charge is -2.13. The minimum absolute atomic E-state index is 0.0408. The molecule has 4 rings (SSSR count). The molecule has 1 aliphatic heterocycles. The van der Waals surface area contributed by atoms with E-state index in [0.29, 0.717) is 22.8 Å². The van der Waals surface area contributed by atoms with E-state index in [1.165, 1.54) is 18.2 Å². The van der Waals surface area contributed by atoms with Crippen LogP contribution in [0.3, 0.4) is 0 Å². The van der Waals surface area contributed by atoms with E-state index in [4.69, 9.17) is 20.8 Å². The maximum Gasteiger partial charge on any atom is 0.337 e. The van der Waals surface area contributed by atoms with Crippen molar-refractivity contribution >= 4 is 46.6 Å². The van der Waals surface area contributed by atoms with Crippen LogP contribution in [0.15, 0.2) is 70.0 Å². The second-order valence-corrected chi connectivity index (χ2v) is 8.10. The Morgan fingerprint density at radius 3 is 2.66 bits per heavy atom. The molecule has 0 bridgehead atoms. The van der Waals surface area contributed by atoms with Crippen LogP contribution < -0.4 is 4.74 Å². The highest BCUT2D eigenvalue weighted by molar-refractivity contribution is 8.18. The number of ether oxygens (including phenoxy) is 1. The summed E-state index contributed by atoms with van der Waals surface area (Å²) in [6.45, 7) is 0.311. The zero-order chi connectivity index (χ0) is 22.7. The average molecular weight is 470 g/mol. The van der Waals surface area contributed by atoms with Gasteiger partial charge in [-0.25, -0.2) is 4.79 Å². The van der Waals surface area contributed by atoms with Crippen molar-refractivity contribution in [3.05, 3.63) is 81.9 Å². The first-order valence-corrected chi connectivity index (χ1v) is 10.7.